The lowest BCUT2D eigenvalue weighted by molar-refractivity contribution is -0.137. The van der Waals surface area contributed by atoms with Crippen molar-refractivity contribution in [3.8, 4) is 17.0 Å². The Morgan fingerprint density at radius 3 is 2.93 bits per heavy atom. The van der Waals surface area contributed by atoms with Crippen LogP contribution in [-0.2, 0) is 11.3 Å². The van der Waals surface area contributed by atoms with Gasteiger partial charge < -0.3 is 14.2 Å². The molecule has 6 nitrogen and oxygen atoms in total. The molecule has 0 aliphatic carbocycles. The minimum absolute atomic E-state index is 0.00195. The van der Waals surface area contributed by atoms with Gasteiger partial charge in [-0.2, -0.15) is 0 Å². The molecule has 1 unspecified atom stereocenters. The molecule has 0 radical (unpaired) electrons. The van der Waals surface area contributed by atoms with Crippen LogP contribution in [0.25, 0.3) is 11.3 Å². The second kappa shape index (κ2) is 8.17. The van der Waals surface area contributed by atoms with E-state index in [1.807, 2.05) is 24.3 Å². The summed E-state index contributed by atoms with van der Waals surface area (Å²) >= 11 is 1.79. The van der Waals surface area contributed by atoms with Crippen LogP contribution >= 0.6 is 11.8 Å². The van der Waals surface area contributed by atoms with Crippen LogP contribution in [0.3, 0.4) is 0 Å². The van der Waals surface area contributed by atoms with E-state index in [2.05, 4.69) is 34.8 Å². The van der Waals surface area contributed by atoms with Crippen molar-refractivity contribution in [2.24, 2.45) is 5.92 Å². The number of para-hydroxylation sites is 1. The second-order valence-electron chi connectivity index (χ2n) is 7.51. The standard InChI is InChI=1S/C21H28N4O2S/c1-4-14(2)19-20-23-16(15-7-5-6-8-18(15)27-3)11-24(20)9-10-25(19)21(26)17-12-28-13-22-17/h5-8,11,14,17,19,22H,4,9-10,12-13H2,1-3H3/t14?,17-,19-/m0/s1. The van der Waals surface area contributed by atoms with E-state index in [9.17, 15) is 4.79 Å². The maximum Gasteiger partial charge on any atom is 0.241 e. The number of amides is 1. The van der Waals surface area contributed by atoms with Gasteiger partial charge in [-0.3, -0.25) is 10.1 Å². The van der Waals surface area contributed by atoms with Crippen LogP contribution in [-0.4, -0.2) is 51.7 Å². The van der Waals surface area contributed by atoms with Crippen molar-refractivity contribution in [3.63, 3.8) is 0 Å². The summed E-state index contributed by atoms with van der Waals surface area (Å²) in [6.07, 6.45) is 3.10. The number of thioether (sulfide) groups is 1. The Morgan fingerprint density at radius 2 is 2.21 bits per heavy atom. The third-order valence-electron chi connectivity index (χ3n) is 5.85. The largest absolute Gasteiger partial charge is 0.496 e. The Balaban J connectivity index is 1.71. The number of hydrogen-bond acceptors (Lipinski definition) is 5. The average Bonchev–Trinajstić information content (AvgIpc) is 3.41. The predicted octanol–water partition coefficient (Wildman–Crippen LogP) is 3.15. The van der Waals surface area contributed by atoms with E-state index in [-0.39, 0.29) is 18.0 Å². The lowest BCUT2D eigenvalue weighted by atomic mass is 9.94. The average molecular weight is 401 g/mol. The number of benzene rings is 1. The topological polar surface area (TPSA) is 59.4 Å². The van der Waals surface area contributed by atoms with Crippen LogP contribution < -0.4 is 10.1 Å². The minimum atomic E-state index is -0.0771. The van der Waals surface area contributed by atoms with E-state index in [0.29, 0.717) is 5.92 Å². The number of nitrogens with one attached hydrogen (secondary N) is 1. The number of carbonyl (C=O) groups excluding carboxylic acids is 1. The van der Waals surface area contributed by atoms with Crippen molar-refractivity contribution < 1.29 is 9.53 Å². The highest BCUT2D eigenvalue weighted by atomic mass is 32.2. The molecule has 3 heterocycles. The second-order valence-corrected chi connectivity index (χ2v) is 8.54. The van der Waals surface area contributed by atoms with E-state index >= 15 is 0 Å². The zero-order valence-electron chi connectivity index (χ0n) is 16.7. The molecule has 150 valence electrons. The normalized spacial score (nSPS) is 22.8. The summed E-state index contributed by atoms with van der Waals surface area (Å²) in [7, 11) is 1.68. The summed E-state index contributed by atoms with van der Waals surface area (Å²) < 4.78 is 7.75. The number of fused-ring (bicyclic) bond motifs is 1. The smallest absolute Gasteiger partial charge is 0.241 e. The van der Waals surface area contributed by atoms with Gasteiger partial charge in [-0.05, 0) is 18.1 Å². The summed E-state index contributed by atoms with van der Waals surface area (Å²) in [4.78, 5) is 20.3. The number of carbonyl (C=O) groups is 1. The third-order valence-corrected chi connectivity index (χ3v) is 6.79. The number of hydrogen-bond donors (Lipinski definition) is 1. The summed E-state index contributed by atoms with van der Waals surface area (Å²) in [5, 5.41) is 3.33. The zero-order chi connectivity index (χ0) is 19.7. The molecule has 0 spiro atoms. The molecule has 28 heavy (non-hydrogen) atoms. The van der Waals surface area contributed by atoms with Crippen molar-refractivity contribution in [1.29, 1.82) is 0 Å². The number of ether oxygens (including phenoxy) is 1. The number of methoxy groups -OCH3 is 1. The third kappa shape index (κ3) is 3.42. The first-order valence-electron chi connectivity index (χ1n) is 9.96. The van der Waals surface area contributed by atoms with Gasteiger partial charge in [0.1, 0.15) is 11.6 Å². The molecule has 0 saturated carbocycles. The fourth-order valence-corrected chi connectivity index (χ4v) is 5.04. The molecule has 1 aromatic heterocycles. The molecule has 2 aromatic rings. The molecule has 1 aromatic carbocycles. The molecule has 1 fully saturated rings. The predicted molar refractivity (Wildman–Crippen MR) is 112 cm³/mol. The van der Waals surface area contributed by atoms with Gasteiger partial charge >= 0.3 is 0 Å². The van der Waals surface area contributed by atoms with Crippen molar-refractivity contribution in [2.75, 3.05) is 25.3 Å². The Morgan fingerprint density at radius 1 is 1.39 bits per heavy atom. The van der Waals surface area contributed by atoms with Crippen LogP contribution in [0.1, 0.15) is 32.1 Å². The zero-order valence-corrected chi connectivity index (χ0v) is 17.5. The highest BCUT2D eigenvalue weighted by Gasteiger charge is 2.39. The minimum Gasteiger partial charge on any atom is -0.496 e. The van der Waals surface area contributed by atoms with Crippen LogP contribution in [0.4, 0.5) is 0 Å². The van der Waals surface area contributed by atoms with Crippen LogP contribution in [0, 0.1) is 5.92 Å². The monoisotopic (exact) mass is 400 g/mol. The number of aromatic nitrogens is 2. The van der Waals surface area contributed by atoms with E-state index in [0.717, 1.165) is 54.0 Å². The summed E-state index contributed by atoms with van der Waals surface area (Å²) in [5.74, 6) is 4.06. The molecule has 2 aliphatic rings. The Hall–Kier alpha value is -1.99. The Kier molecular flexibility index (Phi) is 5.64. The molecule has 1 saturated heterocycles. The van der Waals surface area contributed by atoms with E-state index in [1.165, 1.54) is 0 Å². The molecule has 2 aliphatic heterocycles. The van der Waals surface area contributed by atoms with E-state index < -0.39 is 0 Å². The number of imidazole rings is 1. The number of nitrogens with zero attached hydrogens (tertiary/aromatic N) is 3. The van der Waals surface area contributed by atoms with Gasteiger partial charge in [-0.1, -0.05) is 32.4 Å². The van der Waals surface area contributed by atoms with Gasteiger partial charge in [0.05, 0.1) is 24.9 Å². The summed E-state index contributed by atoms with van der Waals surface area (Å²) in [5.41, 5.74) is 1.89. The molecular formula is C21H28N4O2S. The number of rotatable bonds is 5. The van der Waals surface area contributed by atoms with Gasteiger partial charge in [-0.15, -0.1) is 11.8 Å². The molecule has 7 heteroatoms. The SMILES string of the molecule is CCC(C)[C@H]1c2nc(-c3ccccc3OC)cn2CCN1C(=O)[C@@H]1CSCN1. The maximum absolute atomic E-state index is 13.2. The van der Waals surface area contributed by atoms with Crippen molar-refractivity contribution >= 4 is 17.7 Å². The van der Waals surface area contributed by atoms with Crippen molar-refractivity contribution in [2.45, 2.75) is 38.9 Å². The van der Waals surface area contributed by atoms with E-state index in [1.54, 1.807) is 18.9 Å². The fraction of sp³-hybridized carbons (Fsp3) is 0.524. The molecule has 1 N–H and O–H groups in total. The van der Waals surface area contributed by atoms with E-state index in [4.69, 9.17) is 9.72 Å². The highest BCUT2D eigenvalue weighted by Crippen LogP contribution is 2.37. The van der Waals surface area contributed by atoms with Crippen LogP contribution in [0.2, 0.25) is 0 Å². The first-order valence-corrected chi connectivity index (χ1v) is 11.1. The molecule has 4 rings (SSSR count). The van der Waals surface area contributed by atoms with Crippen molar-refractivity contribution in [3.05, 3.63) is 36.3 Å². The van der Waals surface area contributed by atoms with Gasteiger partial charge in [0, 0.05) is 36.5 Å². The highest BCUT2D eigenvalue weighted by molar-refractivity contribution is 7.99. The van der Waals surface area contributed by atoms with Crippen LogP contribution in [0.5, 0.6) is 5.75 Å². The lowest BCUT2D eigenvalue weighted by Crippen LogP contribution is -2.51. The Labute approximate surface area is 170 Å². The fourth-order valence-electron chi connectivity index (χ4n) is 4.11. The quantitative estimate of drug-likeness (QED) is 0.836. The summed E-state index contributed by atoms with van der Waals surface area (Å²) in [6.45, 7) is 5.90. The van der Waals surface area contributed by atoms with Gasteiger partial charge in [-0.25, -0.2) is 4.98 Å². The maximum atomic E-state index is 13.2. The van der Waals surface area contributed by atoms with Gasteiger partial charge in [0.2, 0.25) is 5.91 Å². The molecule has 0 bridgehead atoms. The molecule has 3 atom stereocenters. The molecule has 1 amide bonds. The summed E-state index contributed by atoms with van der Waals surface area (Å²) in [6, 6.07) is 7.89. The van der Waals surface area contributed by atoms with Crippen LogP contribution in [0.15, 0.2) is 30.5 Å². The first kappa shape index (κ1) is 19.3. The van der Waals surface area contributed by atoms with Gasteiger partial charge in [0.15, 0.2) is 0 Å². The Bertz CT molecular complexity index is 847. The van der Waals surface area contributed by atoms with Gasteiger partial charge in [0.25, 0.3) is 0 Å². The molecular weight excluding hydrogens is 372 g/mol. The van der Waals surface area contributed by atoms with Crippen molar-refractivity contribution in [1.82, 2.24) is 19.8 Å². The first-order chi connectivity index (χ1) is 13.6. The lowest BCUT2D eigenvalue weighted by Gasteiger charge is -2.40.